The Kier molecular flexibility index (Phi) is 9.75. The largest absolute Gasteiger partial charge is 0.335 e. The predicted molar refractivity (Wildman–Crippen MR) is 102 cm³/mol. The fourth-order valence-corrected chi connectivity index (χ4v) is 2.80. The van der Waals surface area contributed by atoms with Crippen molar-refractivity contribution in [3.05, 3.63) is 28.2 Å². The SMILES string of the molecule is CN(CC(=O)Nc1ccc(Cl)c(Cl)c1)C(=O)C(N)CCS(C)(=O)=O.Cl. The van der Waals surface area contributed by atoms with Crippen molar-refractivity contribution in [2.24, 2.45) is 5.73 Å². The molecule has 0 fully saturated rings. The third-order valence-corrected chi connectivity index (χ3v) is 4.79. The van der Waals surface area contributed by atoms with Crippen LogP contribution in [0.25, 0.3) is 0 Å². The Balaban J connectivity index is 0.00000576. The van der Waals surface area contributed by atoms with Crippen LogP contribution in [-0.2, 0) is 19.4 Å². The molecular formula is C14H20Cl3N3O4S. The smallest absolute Gasteiger partial charge is 0.243 e. The Labute approximate surface area is 163 Å². The Morgan fingerprint density at radius 1 is 1.28 bits per heavy atom. The van der Waals surface area contributed by atoms with Crippen LogP contribution in [0.5, 0.6) is 0 Å². The third-order valence-electron chi connectivity index (χ3n) is 3.08. The first kappa shape index (κ1) is 23.9. The highest BCUT2D eigenvalue weighted by Gasteiger charge is 2.21. The highest BCUT2D eigenvalue weighted by molar-refractivity contribution is 7.90. The van der Waals surface area contributed by atoms with Gasteiger partial charge in [-0.2, -0.15) is 0 Å². The number of hydrogen-bond acceptors (Lipinski definition) is 5. The Hall–Kier alpha value is -1.06. The van der Waals surface area contributed by atoms with Gasteiger partial charge in [-0.3, -0.25) is 9.59 Å². The number of sulfone groups is 1. The summed E-state index contributed by atoms with van der Waals surface area (Å²) in [5, 5.41) is 3.23. The summed E-state index contributed by atoms with van der Waals surface area (Å²) in [7, 11) is -1.79. The molecule has 11 heteroatoms. The Morgan fingerprint density at radius 3 is 2.40 bits per heavy atom. The summed E-state index contributed by atoms with van der Waals surface area (Å²) in [5.41, 5.74) is 6.11. The molecule has 0 spiro atoms. The minimum Gasteiger partial charge on any atom is -0.335 e. The summed E-state index contributed by atoms with van der Waals surface area (Å²) < 4.78 is 22.2. The molecule has 1 aromatic rings. The lowest BCUT2D eigenvalue weighted by molar-refractivity contribution is -0.134. The van der Waals surface area contributed by atoms with E-state index in [1.54, 1.807) is 6.07 Å². The second-order valence-electron chi connectivity index (χ2n) is 5.40. The molecule has 0 aromatic heterocycles. The maximum absolute atomic E-state index is 12.0. The van der Waals surface area contributed by atoms with E-state index in [-0.39, 0.29) is 31.1 Å². The quantitative estimate of drug-likeness (QED) is 0.679. The monoisotopic (exact) mass is 431 g/mol. The van der Waals surface area contributed by atoms with Gasteiger partial charge in [-0.05, 0) is 24.6 Å². The highest BCUT2D eigenvalue weighted by Crippen LogP contribution is 2.24. The van der Waals surface area contributed by atoms with Crippen molar-refractivity contribution in [3.8, 4) is 0 Å². The number of nitrogens with two attached hydrogens (primary N) is 1. The van der Waals surface area contributed by atoms with Gasteiger partial charge in [0.15, 0.2) is 0 Å². The van der Waals surface area contributed by atoms with Gasteiger partial charge in [-0.15, -0.1) is 12.4 Å². The van der Waals surface area contributed by atoms with Crippen LogP contribution in [0.4, 0.5) is 5.69 Å². The molecule has 0 bridgehead atoms. The van der Waals surface area contributed by atoms with Gasteiger partial charge < -0.3 is 16.0 Å². The van der Waals surface area contributed by atoms with E-state index in [2.05, 4.69) is 5.32 Å². The number of rotatable bonds is 7. The van der Waals surface area contributed by atoms with Gasteiger partial charge in [-0.1, -0.05) is 23.2 Å². The maximum atomic E-state index is 12.0. The van der Waals surface area contributed by atoms with Crippen LogP contribution >= 0.6 is 35.6 Å². The molecule has 1 atom stereocenters. The maximum Gasteiger partial charge on any atom is 0.243 e. The summed E-state index contributed by atoms with van der Waals surface area (Å²) >= 11 is 11.6. The van der Waals surface area contributed by atoms with Crippen molar-refractivity contribution in [2.75, 3.05) is 30.9 Å². The van der Waals surface area contributed by atoms with E-state index in [4.69, 9.17) is 28.9 Å². The van der Waals surface area contributed by atoms with Crippen LogP contribution in [0.15, 0.2) is 18.2 Å². The lowest BCUT2D eigenvalue weighted by atomic mass is 10.2. The number of halogens is 3. The minimum atomic E-state index is -3.20. The van der Waals surface area contributed by atoms with Crippen LogP contribution in [0.2, 0.25) is 10.0 Å². The van der Waals surface area contributed by atoms with E-state index < -0.39 is 27.7 Å². The summed E-state index contributed by atoms with van der Waals surface area (Å²) in [6, 6.07) is 3.62. The van der Waals surface area contributed by atoms with Gasteiger partial charge in [0, 0.05) is 19.0 Å². The zero-order chi connectivity index (χ0) is 18.5. The van der Waals surface area contributed by atoms with Crippen LogP contribution < -0.4 is 11.1 Å². The number of anilines is 1. The van der Waals surface area contributed by atoms with Crippen LogP contribution in [0.1, 0.15) is 6.42 Å². The summed E-state index contributed by atoms with van der Waals surface area (Å²) in [5.74, 6) is -1.15. The molecule has 1 rings (SSSR count). The third kappa shape index (κ3) is 8.73. The molecule has 25 heavy (non-hydrogen) atoms. The molecule has 3 N–H and O–H groups in total. The van der Waals surface area contributed by atoms with Crippen molar-refractivity contribution in [3.63, 3.8) is 0 Å². The Bertz CT molecular complexity index is 728. The molecular weight excluding hydrogens is 413 g/mol. The number of nitrogens with one attached hydrogen (secondary N) is 1. The van der Waals surface area contributed by atoms with Crippen molar-refractivity contribution >= 4 is 62.9 Å². The molecule has 142 valence electrons. The molecule has 7 nitrogen and oxygen atoms in total. The number of nitrogens with zero attached hydrogens (tertiary/aromatic N) is 1. The standard InChI is InChI=1S/C14H19Cl2N3O4S.ClH/c1-19(14(21)12(17)5-6-24(2,22)23)8-13(20)18-9-3-4-10(15)11(16)7-9;/h3-4,7,12H,5-6,8,17H2,1-2H3,(H,18,20);1H. The van der Waals surface area contributed by atoms with E-state index >= 15 is 0 Å². The van der Waals surface area contributed by atoms with Gasteiger partial charge in [0.25, 0.3) is 0 Å². The molecule has 0 aliphatic carbocycles. The zero-order valence-corrected chi connectivity index (χ0v) is 16.8. The highest BCUT2D eigenvalue weighted by atomic mass is 35.5. The molecule has 0 aliphatic rings. The van der Waals surface area contributed by atoms with Crippen LogP contribution in [-0.4, -0.2) is 56.8 Å². The molecule has 0 saturated carbocycles. The van der Waals surface area contributed by atoms with Gasteiger partial charge in [0.2, 0.25) is 11.8 Å². The van der Waals surface area contributed by atoms with E-state index in [9.17, 15) is 18.0 Å². The second-order valence-corrected chi connectivity index (χ2v) is 8.47. The summed E-state index contributed by atoms with van der Waals surface area (Å²) in [4.78, 5) is 25.1. The molecule has 1 unspecified atom stereocenters. The van der Waals surface area contributed by atoms with E-state index in [1.165, 1.54) is 19.2 Å². The summed E-state index contributed by atoms with van der Waals surface area (Å²) in [6.45, 7) is -0.231. The minimum absolute atomic E-state index is 0. The lowest BCUT2D eigenvalue weighted by Gasteiger charge is -2.20. The number of carbonyl (C=O) groups is 2. The topological polar surface area (TPSA) is 110 Å². The van der Waals surface area contributed by atoms with E-state index in [0.717, 1.165) is 11.2 Å². The number of hydrogen-bond donors (Lipinski definition) is 2. The van der Waals surface area contributed by atoms with Gasteiger partial charge >= 0.3 is 0 Å². The fourth-order valence-electron chi connectivity index (χ4n) is 1.82. The summed E-state index contributed by atoms with van der Waals surface area (Å²) in [6.07, 6.45) is 1.06. The van der Waals surface area contributed by atoms with Gasteiger partial charge in [0.05, 0.1) is 28.4 Å². The molecule has 0 radical (unpaired) electrons. The first-order valence-corrected chi connectivity index (χ1v) is 9.74. The molecule has 2 amide bonds. The average molecular weight is 433 g/mol. The van der Waals surface area contributed by atoms with Crippen LogP contribution in [0.3, 0.4) is 0 Å². The average Bonchev–Trinajstić information content (AvgIpc) is 2.46. The van der Waals surface area contributed by atoms with E-state index in [1.807, 2.05) is 0 Å². The number of benzene rings is 1. The zero-order valence-electron chi connectivity index (χ0n) is 13.7. The number of amides is 2. The molecule has 0 saturated heterocycles. The normalized spacial score (nSPS) is 12.0. The first-order valence-electron chi connectivity index (χ1n) is 6.93. The van der Waals surface area contributed by atoms with Gasteiger partial charge in [-0.25, -0.2) is 8.42 Å². The molecule has 0 heterocycles. The fraction of sp³-hybridized carbons (Fsp3) is 0.429. The Morgan fingerprint density at radius 2 is 1.88 bits per heavy atom. The lowest BCUT2D eigenvalue weighted by Crippen LogP contribution is -2.45. The van der Waals surface area contributed by atoms with Crippen molar-refractivity contribution in [1.29, 1.82) is 0 Å². The van der Waals surface area contributed by atoms with Crippen molar-refractivity contribution in [2.45, 2.75) is 12.5 Å². The van der Waals surface area contributed by atoms with Crippen molar-refractivity contribution < 1.29 is 18.0 Å². The second kappa shape index (κ2) is 10.2. The van der Waals surface area contributed by atoms with Gasteiger partial charge in [0.1, 0.15) is 9.84 Å². The number of likely N-dealkylation sites (N-methyl/N-ethyl adjacent to an activating group) is 1. The molecule has 1 aromatic carbocycles. The van der Waals surface area contributed by atoms with E-state index in [0.29, 0.717) is 15.7 Å². The predicted octanol–water partition coefficient (Wildman–Crippen LogP) is 1.57. The molecule has 0 aliphatic heterocycles. The van der Waals surface area contributed by atoms with Crippen LogP contribution in [0, 0.1) is 0 Å². The first-order chi connectivity index (χ1) is 11.0. The van der Waals surface area contributed by atoms with Crippen molar-refractivity contribution in [1.82, 2.24) is 4.90 Å². The number of carbonyl (C=O) groups excluding carboxylic acids is 2.